The van der Waals surface area contributed by atoms with Crippen LogP contribution in [0.4, 0.5) is 0 Å². The zero-order valence-electron chi connectivity index (χ0n) is 13.8. The zero-order chi connectivity index (χ0) is 17.1. The maximum atomic E-state index is 12.6. The fraction of sp³-hybridized carbons (Fsp3) is 0.500. The van der Waals surface area contributed by atoms with Crippen molar-refractivity contribution in [1.29, 1.82) is 0 Å². The number of piperazine rings is 1. The Bertz CT molecular complexity index is 707. The van der Waals surface area contributed by atoms with Crippen LogP contribution >= 0.6 is 27.3 Å². The second-order valence-corrected chi connectivity index (χ2v) is 8.43. The van der Waals surface area contributed by atoms with Crippen molar-refractivity contribution in [3.63, 3.8) is 0 Å². The molecule has 130 valence electrons. The molecule has 24 heavy (non-hydrogen) atoms. The number of halogens is 1. The van der Waals surface area contributed by atoms with E-state index in [1.807, 2.05) is 12.1 Å². The second kappa shape index (κ2) is 7.77. The number of carbonyl (C=O) groups excluding carboxylic acids is 1. The molecule has 0 aromatic carbocycles. The van der Waals surface area contributed by atoms with Gasteiger partial charge in [0.25, 0.3) is 5.91 Å². The van der Waals surface area contributed by atoms with E-state index in [1.54, 1.807) is 6.92 Å². The number of likely N-dealkylation sites (N-methyl/N-ethyl adjacent to an activating group) is 1. The molecule has 2 aromatic rings. The van der Waals surface area contributed by atoms with Gasteiger partial charge >= 0.3 is 0 Å². The van der Waals surface area contributed by atoms with Crippen LogP contribution in [0.5, 0.6) is 0 Å². The fourth-order valence-corrected chi connectivity index (χ4v) is 4.11. The number of nitrogens with zero attached hydrogens (tertiary/aromatic N) is 3. The van der Waals surface area contributed by atoms with E-state index in [4.69, 9.17) is 4.52 Å². The van der Waals surface area contributed by atoms with E-state index in [2.05, 4.69) is 43.3 Å². The minimum absolute atomic E-state index is 0.123. The van der Waals surface area contributed by atoms with Crippen molar-refractivity contribution in [1.82, 2.24) is 20.3 Å². The minimum Gasteiger partial charge on any atom is -0.360 e. The van der Waals surface area contributed by atoms with E-state index >= 15 is 0 Å². The van der Waals surface area contributed by atoms with E-state index in [9.17, 15) is 4.79 Å². The minimum atomic E-state index is -0.123. The molecule has 1 fully saturated rings. The number of carbonyl (C=O) groups is 1. The summed E-state index contributed by atoms with van der Waals surface area (Å²) in [5.74, 6) is 0.425. The van der Waals surface area contributed by atoms with Gasteiger partial charge in [-0.05, 0) is 42.0 Å². The maximum absolute atomic E-state index is 12.6. The van der Waals surface area contributed by atoms with Crippen LogP contribution < -0.4 is 5.32 Å². The molecule has 0 radical (unpaired) electrons. The van der Waals surface area contributed by atoms with Gasteiger partial charge in [-0.25, -0.2) is 0 Å². The van der Waals surface area contributed by atoms with Gasteiger partial charge in [-0.1, -0.05) is 5.16 Å². The summed E-state index contributed by atoms with van der Waals surface area (Å²) in [7, 11) is 2.14. The van der Waals surface area contributed by atoms with Gasteiger partial charge in [-0.3, -0.25) is 9.69 Å². The highest BCUT2D eigenvalue weighted by atomic mass is 79.9. The topological polar surface area (TPSA) is 61.6 Å². The van der Waals surface area contributed by atoms with Gasteiger partial charge < -0.3 is 14.7 Å². The average Bonchev–Trinajstić information content (AvgIpc) is 3.15. The first-order valence-corrected chi connectivity index (χ1v) is 9.56. The maximum Gasteiger partial charge on any atom is 0.257 e. The number of hydrogen-bond donors (Lipinski definition) is 1. The summed E-state index contributed by atoms with van der Waals surface area (Å²) in [6, 6.07) is 3.88. The highest BCUT2D eigenvalue weighted by Crippen LogP contribution is 2.33. The number of hydrogen-bond acceptors (Lipinski definition) is 6. The Labute approximate surface area is 153 Å². The van der Waals surface area contributed by atoms with Crippen molar-refractivity contribution in [2.45, 2.75) is 6.92 Å². The zero-order valence-corrected chi connectivity index (χ0v) is 16.2. The normalized spacial score (nSPS) is 16.5. The SMILES string of the molecule is Cc1onc(-c2ccc(Br)s2)c1C(=O)NCCN1CCN(C)CC1. The van der Waals surface area contributed by atoms with Gasteiger partial charge in [-0.15, -0.1) is 11.3 Å². The van der Waals surface area contributed by atoms with Gasteiger partial charge in [0, 0.05) is 39.3 Å². The molecule has 1 N–H and O–H groups in total. The van der Waals surface area contributed by atoms with E-state index in [0.717, 1.165) is 41.4 Å². The predicted molar refractivity (Wildman–Crippen MR) is 98.5 cm³/mol. The molecule has 0 saturated carbocycles. The van der Waals surface area contributed by atoms with Crippen molar-refractivity contribution in [2.24, 2.45) is 0 Å². The average molecular weight is 413 g/mol. The lowest BCUT2D eigenvalue weighted by atomic mass is 10.1. The molecule has 0 unspecified atom stereocenters. The van der Waals surface area contributed by atoms with E-state index in [-0.39, 0.29) is 5.91 Å². The lowest BCUT2D eigenvalue weighted by Gasteiger charge is -2.32. The van der Waals surface area contributed by atoms with E-state index in [0.29, 0.717) is 23.6 Å². The third-order valence-corrected chi connectivity index (χ3v) is 5.84. The first-order chi connectivity index (χ1) is 11.5. The van der Waals surface area contributed by atoms with E-state index in [1.165, 1.54) is 11.3 Å². The Morgan fingerprint density at radius 1 is 1.38 bits per heavy atom. The fourth-order valence-electron chi connectivity index (χ4n) is 2.74. The summed E-state index contributed by atoms with van der Waals surface area (Å²) in [5.41, 5.74) is 1.14. The molecule has 3 heterocycles. The largest absolute Gasteiger partial charge is 0.360 e. The number of rotatable bonds is 5. The number of aromatic nitrogens is 1. The first-order valence-electron chi connectivity index (χ1n) is 7.95. The van der Waals surface area contributed by atoms with Crippen LogP contribution in [-0.4, -0.2) is 67.2 Å². The molecule has 1 amide bonds. The lowest BCUT2D eigenvalue weighted by Crippen LogP contribution is -2.46. The molecule has 2 aromatic heterocycles. The Balaban J connectivity index is 1.60. The van der Waals surface area contributed by atoms with Crippen LogP contribution in [0.2, 0.25) is 0 Å². The summed E-state index contributed by atoms with van der Waals surface area (Å²) >= 11 is 4.97. The monoisotopic (exact) mass is 412 g/mol. The lowest BCUT2D eigenvalue weighted by molar-refractivity contribution is 0.0940. The predicted octanol–water partition coefficient (Wildman–Crippen LogP) is 2.45. The third kappa shape index (κ3) is 4.05. The van der Waals surface area contributed by atoms with Gasteiger partial charge in [0.15, 0.2) is 0 Å². The molecule has 0 aliphatic carbocycles. The molecule has 1 aliphatic heterocycles. The first kappa shape index (κ1) is 17.6. The van der Waals surface area contributed by atoms with E-state index < -0.39 is 0 Å². The summed E-state index contributed by atoms with van der Waals surface area (Å²) in [5, 5.41) is 7.06. The standard InChI is InChI=1S/C16H21BrN4O2S/c1-11-14(15(19-23-11)12-3-4-13(17)24-12)16(22)18-5-6-21-9-7-20(2)8-10-21/h3-4H,5-10H2,1-2H3,(H,18,22). The van der Waals surface area contributed by atoms with Crippen LogP contribution in [0.15, 0.2) is 20.4 Å². The highest BCUT2D eigenvalue weighted by molar-refractivity contribution is 9.11. The molecular formula is C16H21BrN4O2S. The number of amides is 1. The van der Waals surface area contributed by atoms with Crippen LogP contribution in [0, 0.1) is 6.92 Å². The molecule has 8 heteroatoms. The highest BCUT2D eigenvalue weighted by Gasteiger charge is 2.22. The van der Waals surface area contributed by atoms with Gasteiger partial charge in [-0.2, -0.15) is 0 Å². The number of nitrogens with one attached hydrogen (secondary N) is 1. The van der Waals surface area contributed by atoms with Crippen LogP contribution in [0.25, 0.3) is 10.6 Å². The Morgan fingerprint density at radius 3 is 2.79 bits per heavy atom. The number of aryl methyl sites for hydroxylation is 1. The molecule has 0 bridgehead atoms. The number of thiophene rings is 1. The van der Waals surface area contributed by atoms with Crippen LogP contribution in [-0.2, 0) is 0 Å². The molecule has 6 nitrogen and oxygen atoms in total. The van der Waals surface area contributed by atoms with Crippen molar-refractivity contribution < 1.29 is 9.32 Å². The van der Waals surface area contributed by atoms with Crippen molar-refractivity contribution in [3.05, 3.63) is 27.2 Å². The summed E-state index contributed by atoms with van der Waals surface area (Å²) in [4.78, 5) is 18.2. The Hall–Kier alpha value is -1.22. The molecule has 0 atom stereocenters. The van der Waals surface area contributed by atoms with Crippen LogP contribution in [0.3, 0.4) is 0 Å². The Morgan fingerprint density at radius 2 is 2.12 bits per heavy atom. The smallest absolute Gasteiger partial charge is 0.257 e. The van der Waals surface area contributed by atoms with Crippen molar-refractivity contribution >= 4 is 33.2 Å². The Kier molecular flexibility index (Phi) is 5.70. The van der Waals surface area contributed by atoms with Crippen molar-refractivity contribution in [2.75, 3.05) is 46.3 Å². The molecular weight excluding hydrogens is 392 g/mol. The molecule has 1 aliphatic rings. The van der Waals surface area contributed by atoms with Gasteiger partial charge in [0.1, 0.15) is 17.0 Å². The molecule has 1 saturated heterocycles. The molecule has 0 spiro atoms. The summed E-state index contributed by atoms with van der Waals surface area (Å²) in [6.07, 6.45) is 0. The van der Waals surface area contributed by atoms with Gasteiger partial charge in [0.2, 0.25) is 0 Å². The molecule has 3 rings (SSSR count). The summed E-state index contributed by atoms with van der Waals surface area (Å²) < 4.78 is 6.25. The van der Waals surface area contributed by atoms with Crippen LogP contribution in [0.1, 0.15) is 16.1 Å². The van der Waals surface area contributed by atoms with Crippen molar-refractivity contribution in [3.8, 4) is 10.6 Å². The second-order valence-electron chi connectivity index (χ2n) is 5.97. The van der Waals surface area contributed by atoms with Gasteiger partial charge in [0.05, 0.1) is 8.66 Å². The summed E-state index contributed by atoms with van der Waals surface area (Å²) in [6.45, 7) is 7.52. The third-order valence-electron chi connectivity index (χ3n) is 4.21. The quantitative estimate of drug-likeness (QED) is 0.816.